The van der Waals surface area contributed by atoms with Crippen molar-refractivity contribution in [1.29, 1.82) is 5.26 Å². The zero-order valence-corrected chi connectivity index (χ0v) is 12.1. The molecule has 1 aliphatic rings. The second-order valence-electron chi connectivity index (χ2n) is 5.60. The second kappa shape index (κ2) is 5.92. The molecule has 21 heavy (non-hydrogen) atoms. The fourth-order valence-corrected chi connectivity index (χ4v) is 3.09. The van der Waals surface area contributed by atoms with Gasteiger partial charge in [0.2, 0.25) is 0 Å². The van der Waals surface area contributed by atoms with Crippen molar-refractivity contribution in [3.05, 3.63) is 54.0 Å². The maximum absolute atomic E-state index is 8.78. The molecule has 0 saturated carbocycles. The quantitative estimate of drug-likeness (QED) is 0.847. The van der Waals surface area contributed by atoms with Crippen molar-refractivity contribution >= 4 is 5.82 Å². The fourth-order valence-electron chi connectivity index (χ4n) is 3.09. The summed E-state index contributed by atoms with van der Waals surface area (Å²) in [5.74, 6) is 2.04. The maximum Gasteiger partial charge on any atom is 0.158 e. The van der Waals surface area contributed by atoms with Crippen molar-refractivity contribution in [1.82, 2.24) is 9.97 Å². The van der Waals surface area contributed by atoms with Crippen LogP contribution in [-0.4, -0.2) is 23.1 Å². The van der Waals surface area contributed by atoms with E-state index in [2.05, 4.69) is 52.1 Å². The summed E-state index contributed by atoms with van der Waals surface area (Å²) in [5, 5.41) is 8.78. The third-order valence-electron chi connectivity index (χ3n) is 4.21. The number of nitriles is 1. The number of anilines is 1. The van der Waals surface area contributed by atoms with Crippen LogP contribution in [-0.2, 0) is 0 Å². The van der Waals surface area contributed by atoms with Crippen LogP contribution in [0, 0.1) is 17.2 Å². The van der Waals surface area contributed by atoms with Crippen molar-refractivity contribution in [2.75, 3.05) is 18.0 Å². The number of nitrogens with zero attached hydrogens (tertiary/aromatic N) is 4. The fraction of sp³-hybridized carbons (Fsp3) is 0.353. The summed E-state index contributed by atoms with van der Waals surface area (Å²) >= 11 is 0. The molecule has 0 N–H and O–H groups in total. The lowest BCUT2D eigenvalue weighted by Crippen LogP contribution is -2.38. The molecule has 2 atom stereocenters. The van der Waals surface area contributed by atoms with Gasteiger partial charge in [0.05, 0.1) is 12.4 Å². The van der Waals surface area contributed by atoms with E-state index >= 15 is 0 Å². The molecule has 2 heterocycles. The van der Waals surface area contributed by atoms with Gasteiger partial charge in [0.1, 0.15) is 11.9 Å². The number of hydrogen-bond acceptors (Lipinski definition) is 4. The topological polar surface area (TPSA) is 52.8 Å². The number of aromatic nitrogens is 2. The Kier molecular flexibility index (Phi) is 3.83. The van der Waals surface area contributed by atoms with Gasteiger partial charge in [-0.2, -0.15) is 5.26 Å². The molecule has 0 amide bonds. The van der Waals surface area contributed by atoms with Crippen LogP contribution < -0.4 is 4.90 Å². The number of rotatable bonds is 2. The molecule has 1 fully saturated rings. The molecular formula is C17H18N4. The van der Waals surface area contributed by atoms with Gasteiger partial charge in [0.15, 0.2) is 5.69 Å². The standard InChI is InChI=1S/C17H18N4/c1-13-12-21(17-11-19-15(9-18)10-20-17)8-7-16(13)14-5-3-2-4-6-14/h2-6,10-11,13,16H,7-8,12H2,1H3. The van der Waals surface area contributed by atoms with Gasteiger partial charge >= 0.3 is 0 Å². The van der Waals surface area contributed by atoms with E-state index in [1.54, 1.807) is 12.4 Å². The summed E-state index contributed by atoms with van der Waals surface area (Å²) in [4.78, 5) is 10.7. The summed E-state index contributed by atoms with van der Waals surface area (Å²) < 4.78 is 0. The molecule has 0 bridgehead atoms. The van der Waals surface area contributed by atoms with Gasteiger partial charge in [0, 0.05) is 13.1 Å². The summed E-state index contributed by atoms with van der Waals surface area (Å²) in [5.41, 5.74) is 1.79. The Morgan fingerprint density at radius 2 is 2.00 bits per heavy atom. The molecule has 2 unspecified atom stereocenters. The Balaban J connectivity index is 1.72. The Morgan fingerprint density at radius 3 is 2.62 bits per heavy atom. The molecule has 0 radical (unpaired) electrons. The summed E-state index contributed by atoms with van der Waals surface area (Å²) in [6.45, 7) is 4.24. The van der Waals surface area contributed by atoms with Crippen LogP contribution in [0.25, 0.3) is 0 Å². The second-order valence-corrected chi connectivity index (χ2v) is 5.60. The summed E-state index contributed by atoms with van der Waals surface area (Å²) in [7, 11) is 0. The van der Waals surface area contributed by atoms with Gasteiger partial charge in [-0.1, -0.05) is 37.3 Å². The van der Waals surface area contributed by atoms with Crippen LogP contribution in [0.4, 0.5) is 5.82 Å². The highest BCUT2D eigenvalue weighted by molar-refractivity contribution is 5.39. The van der Waals surface area contributed by atoms with Crippen molar-refractivity contribution in [3.63, 3.8) is 0 Å². The Morgan fingerprint density at radius 1 is 1.19 bits per heavy atom. The largest absolute Gasteiger partial charge is 0.355 e. The highest BCUT2D eigenvalue weighted by Crippen LogP contribution is 2.33. The van der Waals surface area contributed by atoms with Crippen LogP contribution in [0.5, 0.6) is 0 Å². The first-order chi connectivity index (χ1) is 10.3. The monoisotopic (exact) mass is 278 g/mol. The van der Waals surface area contributed by atoms with Crippen LogP contribution in [0.2, 0.25) is 0 Å². The molecule has 4 nitrogen and oxygen atoms in total. The minimum atomic E-state index is 0.367. The first-order valence-electron chi connectivity index (χ1n) is 7.30. The van der Waals surface area contributed by atoms with Crippen molar-refractivity contribution in [2.45, 2.75) is 19.3 Å². The van der Waals surface area contributed by atoms with E-state index in [1.807, 2.05) is 6.07 Å². The SMILES string of the molecule is CC1CN(c2cnc(C#N)cn2)CCC1c1ccccc1. The Labute approximate surface area is 125 Å². The van der Waals surface area contributed by atoms with E-state index in [9.17, 15) is 0 Å². The molecule has 1 aliphatic heterocycles. The third kappa shape index (κ3) is 2.87. The Hall–Kier alpha value is -2.41. The van der Waals surface area contributed by atoms with Crippen LogP contribution in [0.15, 0.2) is 42.7 Å². The maximum atomic E-state index is 8.78. The number of benzene rings is 1. The average Bonchev–Trinajstić information content (AvgIpc) is 2.55. The van der Waals surface area contributed by atoms with Gasteiger partial charge < -0.3 is 4.90 Å². The highest BCUT2D eigenvalue weighted by Gasteiger charge is 2.27. The van der Waals surface area contributed by atoms with E-state index < -0.39 is 0 Å². The summed E-state index contributed by atoms with van der Waals surface area (Å²) in [6.07, 6.45) is 4.37. The average molecular weight is 278 g/mol. The smallest absolute Gasteiger partial charge is 0.158 e. The zero-order valence-electron chi connectivity index (χ0n) is 12.1. The summed E-state index contributed by atoms with van der Waals surface area (Å²) in [6, 6.07) is 12.7. The molecule has 1 aromatic heterocycles. The van der Waals surface area contributed by atoms with Gasteiger partial charge in [-0.15, -0.1) is 0 Å². The third-order valence-corrected chi connectivity index (χ3v) is 4.21. The Bertz CT molecular complexity index is 630. The predicted octanol–water partition coefficient (Wildman–Crippen LogP) is 2.98. The van der Waals surface area contributed by atoms with Gasteiger partial charge in [-0.05, 0) is 23.8 Å². The lowest BCUT2D eigenvalue weighted by Gasteiger charge is -2.37. The molecule has 1 aromatic carbocycles. The first-order valence-corrected chi connectivity index (χ1v) is 7.30. The van der Waals surface area contributed by atoms with Crippen molar-refractivity contribution < 1.29 is 0 Å². The highest BCUT2D eigenvalue weighted by atomic mass is 15.2. The van der Waals surface area contributed by atoms with E-state index in [0.29, 0.717) is 17.5 Å². The normalized spacial score (nSPS) is 21.8. The zero-order chi connectivity index (χ0) is 14.7. The number of hydrogen-bond donors (Lipinski definition) is 0. The molecule has 4 heteroatoms. The minimum Gasteiger partial charge on any atom is -0.355 e. The van der Waals surface area contributed by atoms with Crippen LogP contribution >= 0.6 is 0 Å². The molecule has 0 spiro atoms. The lowest BCUT2D eigenvalue weighted by molar-refractivity contribution is 0.382. The van der Waals surface area contributed by atoms with E-state index in [4.69, 9.17) is 5.26 Å². The molecule has 2 aromatic rings. The lowest BCUT2D eigenvalue weighted by atomic mass is 9.81. The molecular weight excluding hydrogens is 260 g/mol. The predicted molar refractivity (Wildman–Crippen MR) is 81.9 cm³/mol. The van der Waals surface area contributed by atoms with Crippen LogP contribution in [0.3, 0.4) is 0 Å². The number of piperidine rings is 1. The van der Waals surface area contributed by atoms with Crippen molar-refractivity contribution in [2.24, 2.45) is 5.92 Å². The first kappa shape index (κ1) is 13.6. The molecule has 1 saturated heterocycles. The van der Waals surface area contributed by atoms with Gasteiger partial charge in [0.25, 0.3) is 0 Å². The minimum absolute atomic E-state index is 0.367. The molecule has 106 valence electrons. The van der Waals surface area contributed by atoms with Gasteiger partial charge in [-0.3, -0.25) is 0 Å². The molecule has 0 aliphatic carbocycles. The van der Waals surface area contributed by atoms with Crippen molar-refractivity contribution in [3.8, 4) is 6.07 Å². The van der Waals surface area contributed by atoms with E-state index in [1.165, 1.54) is 5.56 Å². The van der Waals surface area contributed by atoms with E-state index in [-0.39, 0.29) is 0 Å². The van der Waals surface area contributed by atoms with E-state index in [0.717, 1.165) is 25.3 Å². The molecule has 3 rings (SSSR count). The van der Waals surface area contributed by atoms with Crippen LogP contribution in [0.1, 0.15) is 30.5 Å². The van der Waals surface area contributed by atoms with Gasteiger partial charge in [-0.25, -0.2) is 9.97 Å².